The van der Waals surface area contributed by atoms with Crippen LogP contribution in [0.5, 0.6) is 11.5 Å². The molecule has 0 radical (unpaired) electrons. The normalized spacial score (nSPS) is 11.0. The van der Waals surface area contributed by atoms with E-state index in [1.54, 1.807) is 87.8 Å². The van der Waals surface area contributed by atoms with E-state index in [0.717, 1.165) is 5.69 Å². The average Bonchev–Trinajstić information content (AvgIpc) is 4.04. The summed E-state index contributed by atoms with van der Waals surface area (Å²) in [5.74, 6) is -0.616. The number of aromatic nitrogens is 8. The number of rotatable bonds is 17. The van der Waals surface area contributed by atoms with Gasteiger partial charge in [0.15, 0.2) is 0 Å². The van der Waals surface area contributed by atoms with Gasteiger partial charge in [0.25, 0.3) is 11.8 Å². The Kier molecular flexibility index (Phi) is 21.9. The molecule has 4 heterocycles. The third kappa shape index (κ3) is 14.4. The van der Waals surface area contributed by atoms with Crippen LogP contribution in [0.2, 0.25) is 0 Å². The topological polar surface area (TPSA) is 298 Å². The molecule has 0 atom stereocenters. The zero-order chi connectivity index (χ0) is 49.2. The molecular weight excluding hydrogens is 971 g/mol. The first kappa shape index (κ1) is 59.0. The highest BCUT2D eigenvalue weighted by Gasteiger charge is 2.23. The number of allylic oxidation sites excluding steroid dienone is 2. The third-order valence-corrected chi connectivity index (χ3v) is 9.75. The van der Waals surface area contributed by atoms with Gasteiger partial charge in [-0.15, -0.1) is 37.2 Å². The number of imidazole rings is 2. The van der Waals surface area contributed by atoms with Crippen molar-refractivity contribution in [2.45, 2.75) is 80.2 Å². The highest BCUT2D eigenvalue weighted by Crippen LogP contribution is 2.32. The molecule has 25 heteroatoms. The van der Waals surface area contributed by atoms with Gasteiger partial charge in [-0.3, -0.25) is 39.2 Å². The number of aryl methyl sites for hydroxylation is 4. The first-order valence-electron chi connectivity index (χ1n) is 21.3. The van der Waals surface area contributed by atoms with Crippen molar-refractivity contribution < 1.29 is 38.2 Å². The molecule has 0 bridgehead atoms. The summed E-state index contributed by atoms with van der Waals surface area (Å²) in [4.78, 5) is 70.5. The lowest BCUT2D eigenvalue weighted by molar-refractivity contribution is 0.0533. The molecule has 380 valence electrons. The van der Waals surface area contributed by atoms with Crippen LogP contribution in [0.15, 0.2) is 60.7 Å². The Morgan fingerprint density at radius 3 is 1.43 bits per heavy atom. The second-order valence-corrected chi connectivity index (χ2v) is 15.9. The maximum atomic E-state index is 13.1. The molecule has 0 aliphatic heterocycles. The van der Waals surface area contributed by atoms with Crippen LogP contribution >= 0.6 is 37.2 Å². The molecule has 0 fully saturated rings. The van der Waals surface area contributed by atoms with Crippen LogP contribution in [0.4, 0.5) is 16.7 Å². The summed E-state index contributed by atoms with van der Waals surface area (Å²) >= 11 is 0. The zero-order valence-electron chi connectivity index (χ0n) is 40.3. The number of carbonyl (C=O) groups is 5. The molecule has 4 aromatic heterocycles. The van der Waals surface area contributed by atoms with Crippen molar-refractivity contribution in [1.82, 2.24) is 44.0 Å². The number of fused-ring (bicyclic) bond motifs is 2. The van der Waals surface area contributed by atoms with Gasteiger partial charge in [0.2, 0.25) is 23.7 Å². The zero-order valence-corrected chi connectivity index (χ0v) is 42.8. The fourth-order valence-electron chi connectivity index (χ4n) is 6.87. The smallest absolute Gasteiger partial charge is 0.407 e. The minimum Gasteiger partial charge on any atom is -0.494 e. The Labute approximate surface area is 422 Å². The van der Waals surface area contributed by atoms with E-state index in [1.165, 1.54) is 20.3 Å². The number of ether oxygens (including phenoxy) is 3. The number of hydrogen-bond donors (Lipinski definition) is 6. The highest BCUT2D eigenvalue weighted by atomic mass is 35.5. The molecule has 0 aliphatic rings. The van der Waals surface area contributed by atoms with E-state index in [0.29, 0.717) is 82.8 Å². The number of primary amides is 2. The molecule has 22 nitrogen and oxygen atoms in total. The van der Waals surface area contributed by atoms with Gasteiger partial charge in [0, 0.05) is 50.4 Å². The van der Waals surface area contributed by atoms with E-state index in [2.05, 4.69) is 36.1 Å². The quantitative estimate of drug-likeness (QED) is 0.0598. The lowest BCUT2D eigenvalue weighted by Crippen LogP contribution is -2.32. The van der Waals surface area contributed by atoms with Crippen molar-refractivity contribution in [2.75, 3.05) is 37.9 Å². The number of nitrogens with zero attached hydrogens (tertiary/aromatic N) is 8. The molecule has 5 amide bonds. The predicted molar refractivity (Wildman–Crippen MR) is 274 cm³/mol. The number of carbonyl (C=O) groups excluding carboxylic acids is 5. The van der Waals surface area contributed by atoms with E-state index in [1.807, 2.05) is 33.8 Å². The van der Waals surface area contributed by atoms with Crippen molar-refractivity contribution in [3.05, 3.63) is 94.6 Å². The standard InChI is InChI=1S/C25H33N7O5.C20H25N7O3.3ClH/c1-7-32-18(12-15(2)30-32)22(34)29-23-28-17-13-16(21(26)33)14-19(36-6)20(17)31(23)11-9-8-10-27-24(35)37-25(3,4)5;1-4-27-15(9-12(2)25-27)19(29)24-20-23-14-10-13(18(22)28)11-16(30-3)17(14)26(20)8-6-5-7-21;;;/h8-9,12-14H,7,10-11H2,1-6H3,(H2,26,33)(H,27,35)(H,28,29,34);5-6,9-11H,4,7-8,21H2,1-3H3,(H2,22,28)(H,23,24,29);3*1H/b9-8+;6-5+;;;. The molecule has 9 N–H and O–H groups in total. The Hall–Kier alpha value is -7.14. The highest BCUT2D eigenvalue weighted by molar-refractivity contribution is 6.05. The van der Waals surface area contributed by atoms with Crippen molar-refractivity contribution in [2.24, 2.45) is 17.2 Å². The lowest BCUT2D eigenvalue weighted by Gasteiger charge is -2.19. The SMILES string of the molecule is CCn1nc(C)cc1C(=O)Nc1nc2cc(C(N)=O)cc(OC)c2n1C/C=C/CN.CCn1nc(C)cc1C(=O)Nc1nc2cc(C(N)=O)cc(OC)c2n1C/C=C/CNC(=O)OC(C)(C)C.Cl.Cl.Cl. The molecule has 0 unspecified atom stereocenters. The van der Waals surface area contributed by atoms with Crippen LogP contribution in [0, 0.1) is 13.8 Å². The van der Waals surface area contributed by atoms with Crippen LogP contribution in [0.25, 0.3) is 22.1 Å². The van der Waals surface area contributed by atoms with Gasteiger partial charge in [0.05, 0.1) is 36.6 Å². The molecular formula is C45H61Cl3N14O8. The molecule has 2 aromatic carbocycles. The Balaban J connectivity index is 0.000000469. The largest absolute Gasteiger partial charge is 0.494 e. The number of methoxy groups -OCH3 is 2. The predicted octanol–water partition coefficient (Wildman–Crippen LogP) is 5.70. The number of anilines is 2. The molecule has 0 aliphatic carbocycles. The molecule has 6 rings (SSSR count). The third-order valence-electron chi connectivity index (χ3n) is 9.75. The number of alkyl carbamates (subject to hydrolysis) is 1. The second kappa shape index (κ2) is 26.0. The van der Waals surface area contributed by atoms with Gasteiger partial charge in [-0.25, -0.2) is 14.8 Å². The summed E-state index contributed by atoms with van der Waals surface area (Å²) < 4.78 is 22.9. The summed E-state index contributed by atoms with van der Waals surface area (Å²) in [5.41, 5.74) is 20.7. The Morgan fingerprint density at radius 1 is 0.657 bits per heavy atom. The van der Waals surface area contributed by atoms with Crippen LogP contribution < -0.4 is 42.6 Å². The second-order valence-electron chi connectivity index (χ2n) is 15.9. The van der Waals surface area contributed by atoms with E-state index in [9.17, 15) is 24.0 Å². The number of benzene rings is 2. The van der Waals surface area contributed by atoms with E-state index in [-0.39, 0.29) is 79.2 Å². The van der Waals surface area contributed by atoms with Crippen molar-refractivity contribution in [3.8, 4) is 11.5 Å². The van der Waals surface area contributed by atoms with E-state index < -0.39 is 23.5 Å². The summed E-state index contributed by atoms with van der Waals surface area (Å²) in [5, 5.41) is 17.0. The monoisotopic (exact) mass is 1030 g/mol. The molecule has 0 saturated heterocycles. The van der Waals surface area contributed by atoms with Crippen LogP contribution in [0.1, 0.15) is 87.7 Å². The number of halogens is 3. The number of amides is 5. The fourth-order valence-corrected chi connectivity index (χ4v) is 6.87. The molecule has 0 spiro atoms. The van der Waals surface area contributed by atoms with Gasteiger partial charge >= 0.3 is 6.09 Å². The van der Waals surface area contributed by atoms with Crippen molar-refractivity contribution >= 4 is 101 Å². The van der Waals surface area contributed by atoms with Gasteiger partial charge in [0.1, 0.15) is 39.5 Å². The first-order chi connectivity index (χ1) is 31.8. The molecule has 6 aromatic rings. The minimum absolute atomic E-state index is 0. The maximum absolute atomic E-state index is 13.1. The average molecular weight is 1030 g/mol. The number of nitrogens with one attached hydrogen (secondary N) is 3. The lowest BCUT2D eigenvalue weighted by atomic mass is 10.1. The number of nitrogens with two attached hydrogens (primary N) is 3. The summed E-state index contributed by atoms with van der Waals surface area (Å²) in [7, 11) is 2.96. The molecule has 70 heavy (non-hydrogen) atoms. The summed E-state index contributed by atoms with van der Waals surface area (Å²) in [6, 6.07) is 9.60. The minimum atomic E-state index is -0.629. The molecule has 0 saturated carbocycles. The Morgan fingerprint density at radius 2 is 1.07 bits per heavy atom. The first-order valence-corrected chi connectivity index (χ1v) is 21.3. The van der Waals surface area contributed by atoms with Gasteiger partial charge in [-0.2, -0.15) is 10.2 Å². The van der Waals surface area contributed by atoms with Gasteiger partial charge in [-0.05, 0) is 84.9 Å². The number of hydrogen-bond acceptors (Lipinski definition) is 13. The van der Waals surface area contributed by atoms with Crippen molar-refractivity contribution in [1.29, 1.82) is 0 Å². The van der Waals surface area contributed by atoms with Crippen LogP contribution in [0.3, 0.4) is 0 Å². The maximum Gasteiger partial charge on any atom is 0.407 e. The van der Waals surface area contributed by atoms with Gasteiger partial charge in [-0.1, -0.05) is 24.3 Å². The summed E-state index contributed by atoms with van der Waals surface area (Å²) in [6.07, 6.45) is 6.69. The fraction of sp³-hybridized carbons (Fsp3) is 0.356. The van der Waals surface area contributed by atoms with Crippen molar-refractivity contribution in [3.63, 3.8) is 0 Å². The van der Waals surface area contributed by atoms with E-state index >= 15 is 0 Å². The van der Waals surface area contributed by atoms with E-state index in [4.69, 9.17) is 31.4 Å². The van der Waals surface area contributed by atoms with Crippen LogP contribution in [-0.2, 0) is 30.9 Å². The summed E-state index contributed by atoms with van der Waals surface area (Å²) in [6.45, 7) is 15.2. The van der Waals surface area contributed by atoms with Gasteiger partial charge < -0.3 is 45.9 Å². The Bertz CT molecular complexity index is 2880. The van der Waals surface area contributed by atoms with Crippen LogP contribution in [-0.4, -0.2) is 101 Å².